The van der Waals surface area contributed by atoms with E-state index in [4.69, 9.17) is 10.5 Å². The molecule has 0 aromatic carbocycles. The van der Waals surface area contributed by atoms with Crippen LogP contribution < -0.4 is 5.73 Å². The Balaban J connectivity index is 2.39. The maximum Gasteiger partial charge on any atom is 0.315 e. The Hall–Kier alpha value is -1.39. The molecule has 4 nitrogen and oxygen atoms in total. The third kappa shape index (κ3) is 1.54. The Kier molecular flexibility index (Phi) is 1.61. The third-order valence-electron chi connectivity index (χ3n) is 1.89. The largest absolute Gasteiger partial charge is 0.426 e. The van der Waals surface area contributed by atoms with Gasteiger partial charge >= 0.3 is 5.97 Å². The average Bonchev–Trinajstić information content (AvgIpc) is 2.01. The molecular weight excluding hydrogens is 170 g/mol. The number of aliphatic hydroxyl groups is 1. The fourth-order valence-corrected chi connectivity index (χ4v) is 1.26. The van der Waals surface area contributed by atoms with Crippen molar-refractivity contribution in [1.82, 2.24) is 0 Å². The smallest absolute Gasteiger partial charge is 0.315 e. The zero-order valence-corrected chi connectivity index (χ0v) is 6.86. The van der Waals surface area contributed by atoms with Crippen molar-refractivity contribution in [1.29, 1.82) is 0 Å². The van der Waals surface area contributed by atoms with E-state index in [2.05, 4.69) is 0 Å². The van der Waals surface area contributed by atoms with Crippen molar-refractivity contribution in [2.75, 3.05) is 0 Å². The highest BCUT2D eigenvalue weighted by atomic mass is 16.5. The molecule has 1 aliphatic heterocycles. The summed E-state index contributed by atoms with van der Waals surface area (Å²) < 4.78 is 4.89. The lowest BCUT2D eigenvalue weighted by Crippen LogP contribution is -2.37. The van der Waals surface area contributed by atoms with Crippen molar-refractivity contribution in [3.63, 3.8) is 0 Å². The van der Waals surface area contributed by atoms with Gasteiger partial charge in [0.1, 0.15) is 5.76 Å². The first kappa shape index (κ1) is 8.22. The number of esters is 1. The molecule has 2 aliphatic rings. The molecule has 0 bridgehead atoms. The van der Waals surface area contributed by atoms with Gasteiger partial charge in [-0.05, 0) is 6.08 Å². The predicted molar refractivity (Wildman–Crippen MR) is 45.2 cm³/mol. The van der Waals surface area contributed by atoms with Gasteiger partial charge in [0.05, 0.1) is 6.42 Å². The van der Waals surface area contributed by atoms with Crippen LogP contribution >= 0.6 is 0 Å². The molecule has 1 unspecified atom stereocenters. The van der Waals surface area contributed by atoms with Gasteiger partial charge in [-0.25, -0.2) is 0 Å². The summed E-state index contributed by atoms with van der Waals surface area (Å²) in [4.78, 5) is 10.9. The molecule has 1 aliphatic carbocycles. The van der Waals surface area contributed by atoms with Crippen molar-refractivity contribution in [2.45, 2.75) is 12.1 Å². The number of allylic oxidation sites excluding steroid dienone is 1. The van der Waals surface area contributed by atoms with E-state index in [1.807, 2.05) is 0 Å². The number of hydrogen-bond acceptors (Lipinski definition) is 4. The lowest BCUT2D eigenvalue weighted by atomic mass is 10.00. The van der Waals surface area contributed by atoms with E-state index in [1.54, 1.807) is 12.2 Å². The van der Waals surface area contributed by atoms with Crippen LogP contribution in [-0.2, 0) is 9.53 Å². The summed E-state index contributed by atoms with van der Waals surface area (Å²) in [5, 5.41) is 9.40. The third-order valence-corrected chi connectivity index (χ3v) is 1.89. The lowest BCUT2D eigenvalue weighted by molar-refractivity contribution is -0.138. The Labute approximate surface area is 75.0 Å². The van der Waals surface area contributed by atoms with Crippen LogP contribution in [0.1, 0.15) is 6.42 Å². The SMILES string of the molecule is NC1(O)C=CC2=CCC(=O)OC2=C1. The second kappa shape index (κ2) is 2.55. The molecule has 0 spiro atoms. The maximum absolute atomic E-state index is 10.9. The first-order chi connectivity index (χ1) is 6.07. The number of ether oxygens (including phenoxy) is 1. The fourth-order valence-electron chi connectivity index (χ4n) is 1.26. The summed E-state index contributed by atoms with van der Waals surface area (Å²) in [6, 6.07) is 0. The molecule has 1 heterocycles. The number of rotatable bonds is 0. The van der Waals surface area contributed by atoms with E-state index in [0.29, 0.717) is 5.76 Å². The summed E-state index contributed by atoms with van der Waals surface area (Å²) in [5.41, 5.74) is 4.68. The lowest BCUT2D eigenvalue weighted by Gasteiger charge is -2.23. The van der Waals surface area contributed by atoms with Gasteiger partial charge in [0, 0.05) is 11.6 Å². The summed E-state index contributed by atoms with van der Waals surface area (Å²) in [6.07, 6.45) is 6.41. The first-order valence-corrected chi connectivity index (χ1v) is 3.91. The molecule has 3 N–H and O–H groups in total. The molecule has 4 heteroatoms. The minimum Gasteiger partial charge on any atom is -0.426 e. The van der Waals surface area contributed by atoms with Gasteiger partial charge in [-0.3, -0.25) is 10.5 Å². The van der Waals surface area contributed by atoms with E-state index < -0.39 is 5.72 Å². The van der Waals surface area contributed by atoms with Crippen LogP contribution in [0, 0.1) is 0 Å². The summed E-state index contributed by atoms with van der Waals surface area (Å²) >= 11 is 0. The Morgan fingerprint density at radius 1 is 1.62 bits per heavy atom. The fraction of sp³-hybridized carbons (Fsp3) is 0.222. The zero-order valence-electron chi connectivity index (χ0n) is 6.86. The molecular formula is C9H9NO3. The Morgan fingerprint density at radius 3 is 3.15 bits per heavy atom. The summed E-state index contributed by atoms with van der Waals surface area (Å²) in [7, 11) is 0. The van der Waals surface area contributed by atoms with E-state index in [9.17, 15) is 9.90 Å². The normalized spacial score (nSPS) is 31.7. The predicted octanol–water partition coefficient (Wildman–Crippen LogP) is -0.0393. The molecule has 2 rings (SSSR count). The second-order valence-corrected chi connectivity index (χ2v) is 3.07. The highest BCUT2D eigenvalue weighted by Crippen LogP contribution is 2.26. The van der Waals surface area contributed by atoms with E-state index in [0.717, 1.165) is 5.57 Å². The van der Waals surface area contributed by atoms with Gasteiger partial charge in [-0.1, -0.05) is 12.2 Å². The van der Waals surface area contributed by atoms with Gasteiger partial charge in [0.2, 0.25) is 0 Å². The van der Waals surface area contributed by atoms with Crippen molar-refractivity contribution in [2.24, 2.45) is 5.73 Å². The zero-order chi connectivity index (χ0) is 9.47. The van der Waals surface area contributed by atoms with Gasteiger partial charge in [0.25, 0.3) is 0 Å². The highest BCUT2D eigenvalue weighted by molar-refractivity contribution is 5.76. The van der Waals surface area contributed by atoms with E-state index in [-0.39, 0.29) is 12.4 Å². The molecule has 0 amide bonds. The van der Waals surface area contributed by atoms with Crippen LogP contribution in [0.5, 0.6) is 0 Å². The van der Waals surface area contributed by atoms with E-state index >= 15 is 0 Å². The molecule has 0 fully saturated rings. The molecule has 13 heavy (non-hydrogen) atoms. The van der Waals surface area contributed by atoms with Crippen molar-refractivity contribution in [3.05, 3.63) is 35.6 Å². The quantitative estimate of drug-likeness (QED) is 0.404. The van der Waals surface area contributed by atoms with Crippen LogP contribution in [0.25, 0.3) is 0 Å². The first-order valence-electron chi connectivity index (χ1n) is 3.91. The molecule has 0 radical (unpaired) electrons. The van der Waals surface area contributed by atoms with Crippen LogP contribution in [0.3, 0.4) is 0 Å². The van der Waals surface area contributed by atoms with Crippen LogP contribution in [0.2, 0.25) is 0 Å². The average molecular weight is 179 g/mol. The van der Waals surface area contributed by atoms with Crippen LogP contribution in [0.15, 0.2) is 35.6 Å². The monoisotopic (exact) mass is 179 g/mol. The molecule has 1 atom stereocenters. The number of carbonyl (C=O) groups is 1. The number of nitrogens with two attached hydrogens (primary N) is 1. The van der Waals surface area contributed by atoms with Gasteiger partial charge in [-0.15, -0.1) is 0 Å². The van der Waals surface area contributed by atoms with Gasteiger partial charge in [0.15, 0.2) is 5.72 Å². The molecule has 68 valence electrons. The van der Waals surface area contributed by atoms with Gasteiger partial charge in [-0.2, -0.15) is 0 Å². The Bertz CT molecular complexity index is 350. The Morgan fingerprint density at radius 2 is 2.38 bits per heavy atom. The second-order valence-electron chi connectivity index (χ2n) is 3.07. The minimum atomic E-state index is -1.51. The molecule has 0 aromatic rings. The van der Waals surface area contributed by atoms with Crippen molar-refractivity contribution >= 4 is 5.97 Å². The van der Waals surface area contributed by atoms with Crippen LogP contribution in [0.4, 0.5) is 0 Å². The number of fused-ring (bicyclic) bond motifs is 1. The van der Waals surface area contributed by atoms with Crippen molar-refractivity contribution in [3.8, 4) is 0 Å². The minimum absolute atomic E-state index is 0.264. The highest BCUT2D eigenvalue weighted by Gasteiger charge is 2.25. The summed E-state index contributed by atoms with van der Waals surface area (Å²) in [6.45, 7) is 0. The molecule has 0 saturated carbocycles. The van der Waals surface area contributed by atoms with Crippen LogP contribution in [-0.4, -0.2) is 16.8 Å². The molecule has 0 saturated heterocycles. The molecule has 0 aromatic heterocycles. The van der Waals surface area contributed by atoms with E-state index in [1.165, 1.54) is 12.2 Å². The summed E-state index contributed by atoms with van der Waals surface area (Å²) in [5.74, 6) is 0.00449. The number of carbonyl (C=O) groups excluding carboxylic acids is 1. The topological polar surface area (TPSA) is 72.5 Å². The standard InChI is InChI=1S/C9H9NO3/c10-9(12)4-3-6-1-2-8(11)13-7(6)5-9/h1,3-5,12H,2,10H2. The number of hydrogen-bond donors (Lipinski definition) is 2. The van der Waals surface area contributed by atoms with Crippen molar-refractivity contribution < 1.29 is 14.6 Å². The maximum atomic E-state index is 10.9. The van der Waals surface area contributed by atoms with Gasteiger partial charge < -0.3 is 9.84 Å².